The predicted molar refractivity (Wildman–Crippen MR) is 115 cm³/mol. The van der Waals surface area contributed by atoms with E-state index in [4.69, 9.17) is 27.9 Å². The molecule has 0 saturated heterocycles. The summed E-state index contributed by atoms with van der Waals surface area (Å²) in [4.78, 5) is 2.12. The first-order valence-electron chi connectivity index (χ1n) is 8.54. The van der Waals surface area contributed by atoms with Crippen LogP contribution in [0.3, 0.4) is 0 Å². The Bertz CT molecular complexity index is 1100. The number of likely N-dealkylation sites (N-methyl/N-ethyl adjacent to an activating group) is 1. The standard InChI is InChI=1S/C20H20Cl2N2O3S/c1-24(2)10-11-27-20-13-15(6-9-19(20)22)23-28(25,26)16-7-8-17-14(12-16)4-3-5-18(17)21/h3-9,12-13,23H,10-11H2,1-2H3. The summed E-state index contributed by atoms with van der Waals surface area (Å²) in [5.41, 5.74) is 0.371. The van der Waals surface area contributed by atoms with E-state index in [0.717, 1.165) is 10.8 Å². The minimum absolute atomic E-state index is 0.146. The first kappa shape index (κ1) is 20.7. The quantitative estimate of drug-likeness (QED) is 0.570. The van der Waals surface area contributed by atoms with Gasteiger partial charge in [-0.2, -0.15) is 0 Å². The van der Waals surface area contributed by atoms with Gasteiger partial charge in [0.25, 0.3) is 10.0 Å². The van der Waals surface area contributed by atoms with Crippen LogP contribution in [-0.2, 0) is 10.0 Å². The summed E-state index contributed by atoms with van der Waals surface area (Å²) in [5, 5.41) is 2.54. The highest BCUT2D eigenvalue weighted by molar-refractivity contribution is 7.92. The monoisotopic (exact) mass is 438 g/mol. The van der Waals surface area contributed by atoms with E-state index in [0.29, 0.717) is 34.6 Å². The Kier molecular flexibility index (Phi) is 6.35. The molecule has 1 N–H and O–H groups in total. The number of ether oxygens (including phenoxy) is 1. The SMILES string of the molecule is CN(C)CCOc1cc(NS(=O)(=O)c2ccc3c(Cl)cccc3c2)ccc1Cl. The summed E-state index contributed by atoms with van der Waals surface area (Å²) in [6.45, 7) is 1.15. The Morgan fingerprint density at radius 3 is 2.54 bits per heavy atom. The van der Waals surface area contributed by atoms with Crippen LogP contribution in [0, 0.1) is 0 Å². The van der Waals surface area contributed by atoms with Crippen LogP contribution in [0.5, 0.6) is 5.75 Å². The molecule has 0 spiro atoms. The van der Waals surface area contributed by atoms with Gasteiger partial charge in [0.05, 0.1) is 15.6 Å². The largest absolute Gasteiger partial charge is 0.491 e. The number of nitrogens with zero attached hydrogens (tertiary/aromatic N) is 1. The first-order chi connectivity index (χ1) is 13.3. The molecule has 0 fully saturated rings. The molecule has 3 aromatic rings. The van der Waals surface area contributed by atoms with Crippen molar-refractivity contribution in [3.8, 4) is 5.75 Å². The normalized spacial score (nSPS) is 11.8. The van der Waals surface area contributed by atoms with Crippen molar-refractivity contribution in [2.75, 3.05) is 32.0 Å². The fourth-order valence-corrected chi connectivity index (χ4v) is 4.12. The van der Waals surface area contributed by atoms with Crippen molar-refractivity contribution in [1.29, 1.82) is 0 Å². The average Bonchev–Trinajstić information content (AvgIpc) is 2.64. The minimum atomic E-state index is -3.78. The number of rotatable bonds is 7. The maximum absolute atomic E-state index is 12.8. The molecule has 148 valence electrons. The number of nitrogens with one attached hydrogen (secondary N) is 1. The molecule has 0 aliphatic carbocycles. The molecule has 28 heavy (non-hydrogen) atoms. The van der Waals surface area contributed by atoms with Gasteiger partial charge in [-0.1, -0.05) is 41.4 Å². The molecule has 5 nitrogen and oxygen atoms in total. The average molecular weight is 439 g/mol. The van der Waals surface area contributed by atoms with Crippen molar-refractivity contribution in [2.24, 2.45) is 0 Å². The van der Waals surface area contributed by atoms with Crippen LogP contribution >= 0.6 is 23.2 Å². The molecule has 3 aromatic carbocycles. The van der Waals surface area contributed by atoms with Crippen LogP contribution in [0.2, 0.25) is 10.0 Å². The van der Waals surface area contributed by atoms with Crippen LogP contribution in [0.15, 0.2) is 59.5 Å². The molecule has 3 rings (SSSR count). The highest BCUT2D eigenvalue weighted by Gasteiger charge is 2.16. The number of halogens is 2. The molecule has 0 aliphatic heterocycles. The van der Waals surface area contributed by atoms with Crippen LogP contribution in [0.1, 0.15) is 0 Å². The Hall–Kier alpha value is -1.99. The zero-order valence-electron chi connectivity index (χ0n) is 15.4. The second kappa shape index (κ2) is 8.57. The lowest BCUT2D eigenvalue weighted by atomic mass is 10.1. The predicted octanol–water partition coefficient (Wildman–Crippen LogP) is 4.89. The topological polar surface area (TPSA) is 58.6 Å². The van der Waals surface area contributed by atoms with Crippen molar-refractivity contribution in [3.63, 3.8) is 0 Å². The maximum Gasteiger partial charge on any atom is 0.261 e. The zero-order chi connectivity index (χ0) is 20.3. The molecule has 0 saturated carbocycles. The van der Waals surface area contributed by atoms with Gasteiger partial charge in [-0.05, 0) is 49.8 Å². The zero-order valence-corrected chi connectivity index (χ0v) is 17.8. The molecule has 0 heterocycles. The lowest BCUT2D eigenvalue weighted by Crippen LogP contribution is -2.19. The van der Waals surface area contributed by atoms with E-state index in [9.17, 15) is 8.42 Å². The lowest BCUT2D eigenvalue weighted by Gasteiger charge is -2.14. The Labute approximate surface area is 174 Å². The number of benzene rings is 3. The van der Waals surface area contributed by atoms with Crippen molar-refractivity contribution < 1.29 is 13.2 Å². The Balaban J connectivity index is 1.84. The van der Waals surface area contributed by atoms with Crippen LogP contribution in [-0.4, -0.2) is 40.6 Å². The second-order valence-corrected chi connectivity index (χ2v) is 9.02. The van der Waals surface area contributed by atoms with Gasteiger partial charge in [0.15, 0.2) is 0 Å². The molecule has 0 aliphatic rings. The van der Waals surface area contributed by atoms with E-state index in [1.54, 1.807) is 42.5 Å². The van der Waals surface area contributed by atoms with Crippen molar-refractivity contribution in [1.82, 2.24) is 4.90 Å². The summed E-state index contributed by atoms with van der Waals surface area (Å²) < 4.78 is 33.8. The van der Waals surface area contributed by atoms with Gasteiger partial charge in [0.2, 0.25) is 0 Å². The number of anilines is 1. The van der Waals surface area contributed by atoms with E-state index < -0.39 is 10.0 Å². The van der Waals surface area contributed by atoms with Gasteiger partial charge in [-0.15, -0.1) is 0 Å². The fraction of sp³-hybridized carbons (Fsp3) is 0.200. The third-order valence-corrected chi connectivity index (χ3v) is 6.11. The van der Waals surface area contributed by atoms with Gasteiger partial charge in [-0.25, -0.2) is 8.42 Å². The van der Waals surface area contributed by atoms with Gasteiger partial charge in [0, 0.05) is 23.0 Å². The maximum atomic E-state index is 12.8. The third-order valence-electron chi connectivity index (χ3n) is 4.09. The van der Waals surface area contributed by atoms with Gasteiger partial charge in [-0.3, -0.25) is 4.72 Å². The summed E-state index contributed by atoms with van der Waals surface area (Å²) in [7, 11) is 0.0924. The smallest absolute Gasteiger partial charge is 0.261 e. The molecule has 0 aromatic heterocycles. The van der Waals surface area contributed by atoms with E-state index in [2.05, 4.69) is 4.72 Å². The Morgan fingerprint density at radius 1 is 1.00 bits per heavy atom. The molecular formula is C20H20Cl2N2O3S. The summed E-state index contributed by atoms with van der Waals surface area (Å²) in [6, 6.07) is 15.0. The first-order valence-corrected chi connectivity index (χ1v) is 10.8. The highest BCUT2D eigenvalue weighted by Crippen LogP contribution is 2.30. The second-order valence-electron chi connectivity index (χ2n) is 6.53. The lowest BCUT2D eigenvalue weighted by molar-refractivity contribution is 0.261. The number of hydrogen-bond donors (Lipinski definition) is 1. The number of sulfonamides is 1. The van der Waals surface area contributed by atoms with Crippen LogP contribution < -0.4 is 9.46 Å². The molecule has 8 heteroatoms. The van der Waals surface area contributed by atoms with Gasteiger partial charge in [0.1, 0.15) is 12.4 Å². The van der Waals surface area contributed by atoms with E-state index in [-0.39, 0.29) is 4.90 Å². The number of fused-ring (bicyclic) bond motifs is 1. The third kappa shape index (κ3) is 4.89. The van der Waals surface area contributed by atoms with E-state index >= 15 is 0 Å². The van der Waals surface area contributed by atoms with Crippen molar-refractivity contribution >= 4 is 49.7 Å². The van der Waals surface area contributed by atoms with Crippen molar-refractivity contribution in [2.45, 2.75) is 4.90 Å². The van der Waals surface area contributed by atoms with E-state index in [1.807, 2.05) is 25.1 Å². The molecule has 0 radical (unpaired) electrons. The molecule has 0 unspecified atom stereocenters. The van der Waals surface area contributed by atoms with E-state index in [1.165, 1.54) is 6.07 Å². The number of hydrogen-bond acceptors (Lipinski definition) is 4. The fourth-order valence-electron chi connectivity index (χ4n) is 2.62. The minimum Gasteiger partial charge on any atom is -0.491 e. The summed E-state index contributed by atoms with van der Waals surface area (Å²) >= 11 is 12.3. The van der Waals surface area contributed by atoms with Crippen molar-refractivity contribution in [3.05, 3.63) is 64.6 Å². The Morgan fingerprint density at radius 2 is 1.79 bits per heavy atom. The summed E-state index contributed by atoms with van der Waals surface area (Å²) in [6.07, 6.45) is 0. The molecule has 0 atom stereocenters. The molecule has 0 amide bonds. The van der Waals surface area contributed by atoms with Crippen LogP contribution in [0.25, 0.3) is 10.8 Å². The highest BCUT2D eigenvalue weighted by atomic mass is 35.5. The molecule has 0 bridgehead atoms. The molecular weight excluding hydrogens is 419 g/mol. The van der Waals surface area contributed by atoms with Crippen LogP contribution in [0.4, 0.5) is 5.69 Å². The summed E-state index contributed by atoms with van der Waals surface area (Å²) in [5.74, 6) is 0.425. The van der Waals surface area contributed by atoms with Gasteiger partial charge >= 0.3 is 0 Å². The van der Waals surface area contributed by atoms with Gasteiger partial charge < -0.3 is 9.64 Å².